The number of hydrogen-bond donors (Lipinski definition) is 0. The van der Waals surface area contributed by atoms with Crippen LogP contribution in [0.2, 0.25) is 47.2 Å². The van der Waals surface area contributed by atoms with Crippen molar-refractivity contribution in [1.29, 1.82) is 0 Å². The van der Waals surface area contributed by atoms with Gasteiger partial charge in [0.25, 0.3) is 0 Å². The number of unbranched alkanes of at least 4 members (excludes halogenated alkanes) is 4. The summed E-state index contributed by atoms with van der Waals surface area (Å²) in [6, 6.07) is 27.2. The van der Waals surface area contributed by atoms with Crippen LogP contribution in [0.1, 0.15) is 73.1 Å². The average molecular weight is 839 g/mol. The van der Waals surface area contributed by atoms with Crippen molar-refractivity contribution in [3.63, 3.8) is 0 Å². The fourth-order valence-electron chi connectivity index (χ4n) is 22.0. The van der Waals surface area contributed by atoms with Crippen LogP contribution < -0.4 is 28.4 Å². The van der Waals surface area contributed by atoms with E-state index in [4.69, 9.17) is 28.4 Å². The van der Waals surface area contributed by atoms with Crippen molar-refractivity contribution in [2.75, 3.05) is 13.2 Å². The third kappa shape index (κ3) is 1.43. The Kier molecular flexibility index (Phi) is 4.04. The second-order valence-electron chi connectivity index (χ2n) is 20.4. The van der Waals surface area contributed by atoms with E-state index in [2.05, 4.69) is 13.8 Å². The predicted molar refractivity (Wildman–Crippen MR) is 212 cm³/mol. The maximum atomic E-state index is 14.5. The average Bonchev–Trinajstić information content (AvgIpc) is 4.20. The molecule has 4 aromatic rings. The van der Waals surface area contributed by atoms with Crippen molar-refractivity contribution < 1.29 is 54.1 Å². The topological polar surface area (TPSA) is 124 Å². The Morgan fingerprint density at radius 2 is 0.746 bits per heavy atom. The SMILES string of the molecule is CCCCCOc1ccc(C(=O)Oc2ccc(OC(=O)[C]34[CH]5[CH]6[CH]7[CH]3[Fe]6754389%10[CH]4[CH]3[CH]8[C]9(C(=O)Oc3ccc(OC(=O)c5ccc(OCCCCC)cc5)cc3)[CH]4%10)cc2)cc1. The zero-order valence-corrected chi connectivity index (χ0v) is 34.1. The number of benzene rings is 4. The zero-order valence-electron chi connectivity index (χ0n) is 32.9. The van der Waals surface area contributed by atoms with Crippen LogP contribution in [0.5, 0.6) is 34.5 Å². The second-order valence-corrected chi connectivity index (χ2v) is 43.6. The Bertz CT molecular complexity index is 2730. The molecule has 1 spiro atoms. The molecule has 8 atom stereocenters. The summed E-state index contributed by atoms with van der Waals surface area (Å²) >= 11 is 0. The summed E-state index contributed by atoms with van der Waals surface area (Å²) in [7, 11) is 0. The summed E-state index contributed by atoms with van der Waals surface area (Å²) in [5, 5.41) is 0. The van der Waals surface area contributed by atoms with Crippen LogP contribution in [-0.4, -0.2) is 37.1 Å². The van der Waals surface area contributed by atoms with E-state index in [0.29, 0.717) is 97.4 Å². The van der Waals surface area contributed by atoms with Gasteiger partial charge in [0.05, 0.1) is 13.2 Å². The Morgan fingerprint density at radius 1 is 0.441 bits per heavy atom. The van der Waals surface area contributed by atoms with Gasteiger partial charge in [0.15, 0.2) is 0 Å². The molecule has 59 heavy (non-hydrogen) atoms. The third-order valence-corrected chi connectivity index (χ3v) is 64.7. The molecule has 11 heteroatoms. The van der Waals surface area contributed by atoms with Gasteiger partial charge in [-0.2, -0.15) is 0 Å². The van der Waals surface area contributed by atoms with Crippen molar-refractivity contribution in [3.05, 3.63) is 108 Å². The number of rotatable bonds is 18. The molecule has 4 aromatic carbocycles. The zero-order chi connectivity index (χ0) is 40.1. The van der Waals surface area contributed by atoms with Gasteiger partial charge in [-0.1, -0.05) is 39.5 Å². The molecule has 0 N–H and O–H groups in total. The second kappa shape index (κ2) is 7.07. The summed E-state index contributed by atoms with van der Waals surface area (Å²) in [6.07, 6.45) is 6.45. The summed E-state index contributed by atoms with van der Waals surface area (Å²) in [4.78, 5) is 58.9. The summed E-state index contributed by atoms with van der Waals surface area (Å²) in [6.45, 7) is 0.907. The van der Waals surface area contributed by atoms with Crippen LogP contribution in [0, 0.1) is 0 Å². The molecule has 8 unspecified atom stereocenters. The van der Waals surface area contributed by atoms with Gasteiger partial charge in [-0.05, 0) is 12.8 Å². The number of esters is 4. The van der Waals surface area contributed by atoms with Crippen molar-refractivity contribution in [3.8, 4) is 34.5 Å². The third-order valence-electron chi connectivity index (χ3n) is 22.1. The fourth-order valence-corrected chi connectivity index (χ4v) is 96.8. The molecule has 10 fully saturated rings. The number of ether oxygens (including phenoxy) is 6. The van der Waals surface area contributed by atoms with Gasteiger partial charge in [-0.15, -0.1) is 0 Å². The van der Waals surface area contributed by atoms with Crippen molar-refractivity contribution >= 4 is 23.9 Å². The molecular weight excluding hydrogens is 792 g/mol. The van der Waals surface area contributed by atoms with Gasteiger partial charge in [0.1, 0.15) is 11.5 Å². The molecule has 10 nitrogen and oxygen atoms in total. The molecule has 14 rings (SSSR count). The summed E-state index contributed by atoms with van der Waals surface area (Å²) in [5.74, 6) is 1.80. The molecular formula is C48H46FeO10. The molecule has 10 saturated heterocycles. The first-order valence-corrected chi connectivity index (χ1v) is 27.5. The van der Waals surface area contributed by atoms with Crippen molar-refractivity contribution in [1.82, 2.24) is 0 Å². The van der Waals surface area contributed by atoms with Crippen LogP contribution >= 0.6 is 0 Å². The van der Waals surface area contributed by atoms with E-state index in [1.807, 2.05) is 0 Å². The minimum atomic E-state index is -4.67. The monoisotopic (exact) mass is 838 g/mol. The Labute approximate surface area is 332 Å². The van der Waals surface area contributed by atoms with Gasteiger partial charge in [-0.3, -0.25) is 0 Å². The van der Waals surface area contributed by atoms with Crippen LogP contribution in [0.4, 0.5) is 0 Å². The van der Waals surface area contributed by atoms with Crippen LogP contribution in [-0.2, 0) is 16.1 Å². The standard InChI is InChI=1S/2C24H23O5.Fe/c2*1-2-3-6-17-27-20-11-9-19(10-12-20)24(26)29-22-15-13-21(14-16-22)28-23(25)18-7-4-5-8-18;/h2*4-5,7-16H,2-3,6,17H2,1H3;. The van der Waals surface area contributed by atoms with E-state index in [9.17, 15) is 19.2 Å². The first kappa shape index (κ1) is 33.7. The Balaban J connectivity index is 0.636. The molecule has 0 radical (unpaired) electrons. The molecule has 0 aliphatic carbocycles. The molecule has 10 heterocycles. The molecule has 0 aromatic heterocycles. The fraction of sp³-hybridized carbons (Fsp3) is 0.417. The molecule has 10 aliphatic rings. The van der Waals surface area contributed by atoms with Gasteiger partial charge < -0.3 is 9.47 Å². The van der Waals surface area contributed by atoms with Crippen LogP contribution in [0.15, 0.2) is 97.1 Å². The molecule has 306 valence electrons. The number of carbonyl (C=O) groups is 4. The number of carbonyl (C=O) groups excluding carboxylic acids is 4. The molecule has 10 aliphatic heterocycles. The van der Waals surface area contributed by atoms with E-state index in [0.717, 1.165) is 38.5 Å². The quantitative estimate of drug-likeness (QED) is 0.0414. The van der Waals surface area contributed by atoms with Gasteiger partial charge in [-0.25, -0.2) is 0 Å². The van der Waals surface area contributed by atoms with E-state index < -0.39 is 27.1 Å². The summed E-state index contributed by atoms with van der Waals surface area (Å²) in [5.41, 5.74) is 0.825. The number of hydrogen-bond acceptors (Lipinski definition) is 10. The Hall–Kier alpha value is -5.12. The van der Waals surface area contributed by atoms with E-state index in [-0.39, 0.29) is 11.9 Å². The first-order chi connectivity index (χ1) is 28.5. The van der Waals surface area contributed by atoms with E-state index >= 15 is 0 Å². The van der Waals surface area contributed by atoms with Gasteiger partial charge >= 0.3 is 247 Å². The number of fused-ring (bicyclic) bond motifs is 10. The minimum absolute atomic E-state index is 0.113. The first-order valence-electron chi connectivity index (χ1n) is 21.3. The van der Waals surface area contributed by atoms with Crippen molar-refractivity contribution in [2.24, 2.45) is 0 Å². The van der Waals surface area contributed by atoms with Crippen LogP contribution in [0.25, 0.3) is 0 Å². The molecule has 0 bridgehead atoms. The maximum absolute atomic E-state index is 14.5. The van der Waals surface area contributed by atoms with Gasteiger partial charge in [0.2, 0.25) is 0 Å². The van der Waals surface area contributed by atoms with E-state index in [1.165, 1.54) is 0 Å². The summed E-state index contributed by atoms with van der Waals surface area (Å²) < 4.78 is 34.4. The molecule has 0 saturated carbocycles. The van der Waals surface area contributed by atoms with Crippen LogP contribution in [0.3, 0.4) is 0 Å². The van der Waals surface area contributed by atoms with Gasteiger partial charge in [0, 0.05) is 0 Å². The Morgan fingerprint density at radius 3 is 1.05 bits per heavy atom. The van der Waals surface area contributed by atoms with Crippen molar-refractivity contribution in [2.45, 2.75) is 99.5 Å². The molecule has 0 amide bonds. The normalized spacial score (nSPS) is 43.2. The predicted octanol–water partition coefficient (Wildman–Crippen LogP) is 10.9. The van der Waals surface area contributed by atoms with E-state index in [1.54, 1.807) is 97.1 Å².